The Bertz CT molecular complexity index is 570. The van der Waals surface area contributed by atoms with Crippen molar-refractivity contribution in [1.29, 1.82) is 0 Å². The third kappa shape index (κ3) is 3.84. The molecule has 0 aromatic carbocycles. The van der Waals surface area contributed by atoms with Crippen molar-refractivity contribution in [3.05, 3.63) is 46.5 Å². The van der Waals surface area contributed by atoms with Gasteiger partial charge in [0.15, 0.2) is 0 Å². The minimum absolute atomic E-state index is 0.152. The number of furan rings is 1. The molecule has 2 aromatic heterocycles. The highest BCUT2D eigenvalue weighted by Crippen LogP contribution is 2.17. The summed E-state index contributed by atoms with van der Waals surface area (Å²) in [7, 11) is 0. The molecular weight excluding hydrogens is 322 g/mol. The molecule has 0 bridgehead atoms. The first kappa shape index (κ1) is 14.6. The molecule has 0 aliphatic heterocycles. The van der Waals surface area contributed by atoms with Crippen LogP contribution in [0.3, 0.4) is 0 Å². The highest BCUT2D eigenvalue weighted by Gasteiger charge is 2.12. The number of nitrogens with zero attached hydrogens (tertiary/aromatic N) is 1. The molecule has 0 radical (unpaired) electrons. The largest absolute Gasteiger partial charge is 0.469 e. The Morgan fingerprint density at radius 2 is 2.35 bits per heavy atom. The van der Waals surface area contributed by atoms with Gasteiger partial charge in [-0.25, -0.2) is 4.98 Å². The highest BCUT2D eigenvalue weighted by atomic mass is 79.9. The summed E-state index contributed by atoms with van der Waals surface area (Å²) < 4.78 is 5.99. The van der Waals surface area contributed by atoms with Gasteiger partial charge in [-0.2, -0.15) is 0 Å². The van der Waals surface area contributed by atoms with Gasteiger partial charge in [-0.1, -0.05) is 0 Å². The van der Waals surface area contributed by atoms with Gasteiger partial charge in [0.25, 0.3) is 5.91 Å². The number of hydrogen-bond donors (Lipinski definition) is 2. The van der Waals surface area contributed by atoms with Crippen LogP contribution >= 0.6 is 15.9 Å². The normalized spacial score (nSPS) is 10.3. The second-order valence-corrected chi connectivity index (χ2v) is 5.08. The summed E-state index contributed by atoms with van der Waals surface area (Å²) >= 11 is 3.33. The van der Waals surface area contributed by atoms with Crippen LogP contribution in [0.5, 0.6) is 0 Å². The second-order valence-electron chi connectivity index (χ2n) is 4.17. The number of pyridine rings is 1. The van der Waals surface area contributed by atoms with Crippen molar-refractivity contribution < 1.29 is 9.21 Å². The van der Waals surface area contributed by atoms with Crippen molar-refractivity contribution in [2.45, 2.75) is 13.3 Å². The van der Waals surface area contributed by atoms with Crippen molar-refractivity contribution in [3.8, 4) is 0 Å². The summed E-state index contributed by atoms with van der Waals surface area (Å²) in [5.74, 6) is 1.29. The monoisotopic (exact) mass is 337 g/mol. The molecule has 2 rings (SSSR count). The number of nitrogens with one attached hydrogen (secondary N) is 2. The first-order valence-electron chi connectivity index (χ1n) is 6.40. The van der Waals surface area contributed by atoms with Crippen LogP contribution in [-0.2, 0) is 6.42 Å². The fourth-order valence-electron chi connectivity index (χ4n) is 1.77. The van der Waals surface area contributed by atoms with Gasteiger partial charge in [0, 0.05) is 30.2 Å². The van der Waals surface area contributed by atoms with E-state index in [-0.39, 0.29) is 5.91 Å². The number of halogens is 1. The number of carbonyl (C=O) groups excluding carboxylic acids is 1. The van der Waals surface area contributed by atoms with E-state index < -0.39 is 0 Å². The fourth-order valence-corrected chi connectivity index (χ4v) is 2.10. The average molecular weight is 338 g/mol. The van der Waals surface area contributed by atoms with E-state index in [9.17, 15) is 4.79 Å². The van der Waals surface area contributed by atoms with E-state index in [1.165, 1.54) is 0 Å². The maximum atomic E-state index is 12.2. The van der Waals surface area contributed by atoms with E-state index in [2.05, 4.69) is 31.5 Å². The quantitative estimate of drug-likeness (QED) is 0.850. The predicted octanol–water partition coefficient (Wildman–Crippen LogP) is 2.84. The van der Waals surface area contributed by atoms with Gasteiger partial charge in [0.05, 0.1) is 11.8 Å². The summed E-state index contributed by atoms with van der Waals surface area (Å²) in [6.45, 7) is 3.19. The summed E-state index contributed by atoms with van der Waals surface area (Å²) in [4.78, 5) is 16.4. The molecule has 0 aliphatic carbocycles. The number of anilines is 1. The van der Waals surface area contributed by atoms with Gasteiger partial charge in [-0.3, -0.25) is 4.79 Å². The van der Waals surface area contributed by atoms with Crippen molar-refractivity contribution in [1.82, 2.24) is 10.3 Å². The molecule has 1 amide bonds. The summed E-state index contributed by atoms with van der Waals surface area (Å²) in [5, 5.41) is 5.94. The molecule has 0 spiro atoms. The number of hydrogen-bond acceptors (Lipinski definition) is 4. The standard InChI is InChI=1S/C14H16BrN3O2/c1-2-16-13-12(8-10(15)9-18-13)14(19)17-6-5-11-4-3-7-20-11/h3-4,7-9H,2,5-6H2,1H3,(H,16,18)(H,17,19). The molecule has 2 aromatic rings. The lowest BCUT2D eigenvalue weighted by Crippen LogP contribution is -2.26. The molecule has 6 heteroatoms. The van der Waals surface area contributed by atoms with E-state index in [1.807, 2.05) is 19.1 Å². The lowest BCUT2D eigenvalue weighted by atomic mass is 10.2. The van der Waals surface area contributed by atoms with Crippen molar-refractivity contribution in [3.63, 3.8) is 0 Å². The predicted molar refractivity (Wildman–Crippen MR) is 80.8 cm³/mol. The Balaban J connectivity index is 1.99. The minimum Gasteiger partial charge on any atom is -0.469 e. The maximum Gasteiger partial charge on any atom is 0.255 e. The third-order valence-electron chi connectivity index (χ3n) is 2.68. The Kier molecular flexibility index (Phi) is 5.17. The van der Waals surface area contributed by atoms with Crippen LogP contribution in [0.4, 0.5) is 5.82 Å². The van der Waals surface area contributed by atoms with Crippen LogP contribution in [0.25, 0.3) is 0 Å². The molecule has 0 saturated carbocycles. The zero-order valence-electron chi connectivity index (χ0n) is 11.1. The number of rotatable bonds is 6. The fraction of sp³-hybridized carbons (Fsp3) is 0.286. The number of carbonyl (C=O) groups is 1. The van der Waals surface area contributed by atoms with E-state index in [0.29, 0.717) is 30.9 Å². The van der Waals surface area contributed by atoms with E-state index >= 15 is 0 Å². The van der Waals surface area contributed by atoms with E-state index in [1.54, 1.807) is 18.5 Å². The zero-order valence-corrected chi connectivity index (χ0v) is 12.7. The molecular formula is C14H16BrN3O2. The highest BCUT2D eigenvalue weighted by molar-refractivity contribution is 9.10. The Morgan fingerprint density at radius 1 is 1.50 bits per heavy atom. The molecule has 0 fully saturated rings. The smallest absolute Gasteiger partial charge is 0.255 e. The second kappa shape index (κ2) is 7.09. The zero-order chi connectivity index (χ0) is 14.4. The van der Waals surface area contributed by atoms with Gasteiger partial charge in [-0.05, 0) is 41.1 Å². The third-order valence-corrected chi connectivity index (χ3v) is 3.11. The Morgan fingerprint density at radius 3 is 3.05 bits per heavy atom. The van der Waals surface area contributed by atoms with E-state index in [0.717, 1.165) is 10.2 Å². The topological polar surface area (TPSA) is 67.2 Å². The van der Waals surface area contributed by atoms with Crippen LogP contribution in [0, 0.1) is 0 Å². The van der Waals surface area contributed by atoms with Gasteiger partial charge >= 0.3 is 0 Å². The summed E-state index contributed by atoms with van der Waals surface area (Å²) in [5.41, 5.74) is 0.528. The number of amides is 1. The van der Waals surface area contributed by atoms with Crippen molar-refractivity contribution in [2.75, 3.05) is 18.4 Å². The summed E-state index contributed by atoms with van der Waals surface area (Å²) in [6, 6.07) is 5.47. The molecule has 20 heavy (non-hydrogen) atoms. The summed E-state index contributed by atoms with van der Waals surface area (Å²) in [6.07, 6.45) is 3.95. The molecule has 0 aliphatic rings. The van der Waals surface area contributed by atoms with Gasteiger partial charge in [0.1, 0.15) is 11.6 Å². The van der Waals surface area contributed by atoms with E-state index in [4.69, 9.17) is 4.42 Å². The van der Waals surface area contributed by atoms with Crippen LogP contribution < -0.4 is 10.6 Å². The molecule has 106 valence electrons. The van der Waals surface area contributed by atoms with Crippen molar-refractivity contribution in [2.24, 2.45) is 0 Å². The average Bonchev–Trinajstić information content (AvgIpc) is 2.94. The van der Waals surface area contributed by atoms with Gasteiger partial charge in [0.2, 0.25) is 0 Å². The molecule has 0 atom stereocenters. The lowest BCUT2D eigenvalue weighted by Gasteiger charge is -2.10. The van der Waals surface area contributed by atoms with Gasteiger partial charge < -0.3 is 15.1 Å². The first-order chi connectivity index (χ1) is 9.70. The Hall–Kier alpha value is -1.82. The van der Waals surface area contributed by atoms with Crippen LogP contribution in [0.15, 0.2) is 39.5 Å². The van der Waals surface area contributed by atoms with Crippen LogP contribution in [-0.4, -0.2) is 24.0 Å². The first-order valence-corrected chi connectivity index (χ1v) is 7.20. The Labute approximate surface area is 125 Å². The SMILES string of the molecule is CCNc1ncc(Br)cc1C(=O)NCCc1ccco1. The number of aromatic nitrogens is 1. The molecule has 5 nitrogen and oxygen atoms in total. The van der Waals surface area contributed by atoms with Crippen molar-refractivity contribution >= 4 is 27.7 Å². The molecule has 2 heterocycles. The van der Waals surface area contributed by atoms with Crippen LogP contribution in [0.1, 0.15) is 23.0 Å². The maximum absolute atomic E-state index is 12.2. The van der Waals surface area contributed by atoms with Gasteiger partial charge in [-0.15, -0.1) is 0 Å². The molecule has 0 saturated heterocycles. The minimum atomic E-state index is -0.152. The molecule has 2 N–H and O–H groups in total. The van der Waals surface area contributed by atoms with Crippen LogP contribution in [0.2, 0.25) is 0 Å². The lowest BCUT2D eigenvalue weighted by molar-refractivity contribution is 0.0954. The molecule has 0 unspecified atom stereocenters.